The van der Waals surface area contributed by atoms with Crippen molar-refractivity contribution in [3.05, 3.63) is 17.2 Å². The van der Waals surface area contributed by atoms with Crippen molar-refractivity contribution in [3.8, 4) is 12.3 Å². The molecule has 0 amide bonds. The number of aliphatic hydroxyl groups excluding tert-OH is 1. The molecule has 0 bridgehead atoms. The monoisotopic (exact) mass is 168 g/mol. The maximum Gasteiger partial charge on any atom is 0.0700 e. The van der Waals surface area contributed by atoms with Crippen molar-refractivity contribution in [1.29, 1.82) is 0 Å². The Morgan fingerprint density at radius 3 is 2.82 bits per heavy atom. The highest BCUT2D eigenvalue weighted by atomic mass is 32.2. The van der Waals surface area contributed by atoms with Crippen LogP contribution in [0.1, 0.15) is 12.8 Å². The maximum atomic E-state index is 9.24. The Labute approximate surface area is 72.2 Å². The SMILES string of the molecule is C#CCC(O)CC(=C=C)SC. The molecule has 0 aromatic carbocycles. The molecule has 2 heteroatoms. The molecular weight excluding hydrogens is 156 g/mol. The average Bonchev–Trinajstić information content (AvgIpc) is 2.01. The first-order valence-electron chi connectivity index (χ1n) is 3.29. The lowest BCUT2D eigenvalue weighted by Gasteiger charge is -2.05. The van der Waals surface area contributed by atoms with Crippen LogP contribution in [-0.2, 0) is 0 Å². The van der Waals surface area contributed by atoms with Crippen molar-refractivity contribution in [2.75, 3.05) is 6.26 Å². The molecule has 0 aliphatic rings. The molecule has 0 saturated heterocycles. The van der Waals surface area contributed by atoms with E-state index in [-0.39, 0.29) is 0 Å². The van der Waals surface area contributed by atoms with Crippen LogP contribution in [0.5, 0.6) is 0 Å². The van der Waals surface area contributed by atoms with E-state index in [4.69, 9.17) is 6.42 Å². The smallest absolute Gasteiger partial charge is 0.0700 e. The van der Waals surface area contributed by atoms with E-state index in [1.807, 2.05) is 6.26 Å². The van der Waals surface area contributed by atoms with Gasteiger partial charge < -0.3 is 5.11 Å². The predicted molar refractivity (Wildman–Crippen MR) is 50.2 cm³/mol. The topological polar surface area (TPSA) is 20.2 Å². The zero-order valence-electron chi connectivity index (χ0n) is 6.63. The average molecular weight is 168 g/mol. The molecule has 0 spiro atoms. The number of rotatable bonds is 4. The Morgan fingerprint density at radius 1 is 1.82 bits per heavy atom. The van der Waals surface area contributed by atoms with Gasteiger partial charge in [-0.05, 0) is 6.26 Å². The molecule has 0 saturated carbocycles. The zero-order valence-corrected chi connectivity index (χ0v) is 7.45. The van der Waals surface area contributed by atoms with Gasteiger partial charge in [0.1, 0.15) is 0 Å². The second-order valence-corrected chi connectivity index (χ2v) is 2.97. The van der Waals surface area contributed by atoms with Gasteiger partial charge in [0.2, 0.25) is 0 Å². The van der Waals surface area contributed by atoms with E-state index in [9.17, 15) is 5.11 Å². The van der Waals surface area contributed by atoms with Gasteiger partial charge in [-0.1, -0.05) is 6.58 Å². The Kier molecular flexibility index (Phi) is 5.78. The molecule has 0 aliphatic carbocycles. The summed E-state index contributed by atoms with van der Waals surface area (Å²) >= 11 is 1.54. The molecule has 1 N–H and O–H groups in total. The van der Waals surface area contributed by atoms with Crippen LogP contribution >= 0.6 is 11.8 Å². The highest BCUT2D eigenvalue weighted by Crippen LogP contribution is 2.17. The van der Waals surface area contributed by atoms with Crippen molar-refractivity contribution < 1.29 is 5.11 Å². The van der Waals surface area contributed by atoms with Gasteiger partial charge in [-0.2, -0.15) is 0 Å². The molecule has 1 unspecified atom stereocenters. The maximum absolute atomic E-state index is 9.24. The van der Waals surface area contributed by atoms with E-state index in [0.29, 0.717) is 12.8 Å². The molecule has 0 radical (unpaired) electrons. The number of terminal acetylenes is 1. The lowest BCUT2D eigenvalue weighted by molar-refractivity contribution is 0.183. The third-order valence-corrected chi connectivity index (χ3v) is 2.02. The molecular formula is C9H12OS. The molecule has 0 rings (SSSR count). The normalized spacial score (nSPS) is 11.4. The van der Waals surface area contributed by atoms with Gasteiger partial charge in [0.05, 0.1) is 6.10 Å². The molecule has 0 aliphatic heterocycles. The second-order valence-electron chi connectivity index (χ2n) is 2.07. The van der Waals surface area contributed by atoms with Crippen LogP contribution in [0.2, 0.25) is 0 Å². The fourth-order valence-electron chi connectivity index (χ4n) is 0.650. The van der Waals surface area contributed by atoms with Crippen molar-refractivity contribution in [2.45, 2.75) is 18.9 Å². The Hall–Kier alpha value is -0.610. The van der Waals surface area contributed by atoms with E-state index in [2.05, 4.69) is 18.2 Å². The van der Waals surface area contributed by atoms with Crippen LogP contribution in [0.4, 0.5) is 0 Å². The van der Waals surface area contributed by atoms with Crippen LogP contribution in [-0.4, -0.2) is 17.5 Å². The summed E-state index contributed by atoms with van der Waals surface area (Å²) in [5, 5.41) is 9.24. The summed E-state index contributed by atoms with van der Waals surface area (Å²) in [7, 11) is 0. The van der Waals surface area contributed by atoms with Gasteiger partial charge in [0.25, 0.3) is 0 Å². The second kappa shape index (κ2) is 6.12. The molecule has 60 valence electrons. The fourth-order valence-corrected chi connectivity index (χ4v) is 1.15. The van der Waals surface area contributed by atoms with E-state index in [0.717, 1.165) is 4.91 Å². The van der Waals surface area contributed by atoms with Crippen molar-refractivity contribution in [2.24, 2.45) is 0 Å². The Morgan fingerprint density at radius 2 is 2.45 bits per heavy atom. The minimum Gasteiger partial charge on any atom is -0.392 e. The molecule has 1 nitrogen and oxygen atoms in total. The van der Waals surface area contributed by atoms with Crippen molar-refractivity contribution in [1.82, 2.24) is 0 Å². The minimum absolute atomic E-state index is 0.395. The van der Waals surface area contributed by atoms with Crippen LogP contribution in [0.25, 0.3) is 0 Å². The van der Waals surface area contributed by atoms with Crippen molar-refractivity contribution in [3.63, 3.8) is 0 Å². The molecule has 0 fully saturated rings. The minimum atomic E-state index is -0.448. The van der Waals surface area contributed by atoms with Crippen molar-refractivity contribution >= 4 is 11.8 Å². The predicted octanol–water partition coefficient (Wildman–Crippen LogP) is 1.79. The van der Waals surface area contributed by atoms with Crippen LogP contribution in [0.15, 0.2) is 17.2 Å². The Bertz CT molecular complexity index is 196. The first-order chi connectivity index (χ1) is 5.24. The van der Waals surface area contributed by atoms with E-state index in [1.54, 1.807) is 0 Å². The number of aliphatic hydroxyl groups is 1. The van der Waals surface area contributed by atoms with Gasteiger partial charge >= 0.3 is 0 Å². The third kappa shape index (κ3) is 4.75. The quantitative estimate of drug-likeness (QED) is 0.510. The summed E-state index contributed by atoms with van der Waals surface area (Å²) in [6, 6.07) is 0. The summed E-state index contributed by atoms with van der Waals surface area (Å²) in [6.07, 6.45) is 7.46. The largest absolute Gasteiger partial charge is 0.392 e. The van der Waals surface area contributed by atoms with Gasteiger partial charge in [-0.15, -0.1) is 29.8 Å². The lowest BCUT2D eigenvalue weighted by Crippen LogP contribution is -2.04. The van der Waals surface area contributed by atoms with Gasteiger partial charge in [0, 0.05) is 17.7 Å². The van der Waals surface area contributed by atoms with Crippen LogP contribution in [0, 0.1) is 12.3 Å². The number of thioether (sulfide) groups is 1. The highest BCUT2D eigenvalue weighted by molar-refractivity contribution is 8.02. The standard InChI is InChI=1S/C9H12OS/c1-4-6-8(10)7-9(5-2)11-3/h1,8,10H,2,6-7H2,3H3. The summed E-state index contributed by atoms with van der Waals surface area (Å²) in [6.45, 7) is 3.50. The van der Waals surface area contributed by atoms with E-state index >= 15 is 0 Å². The summed E-state index contributed by atoms with van der Waals surface area (Å²) in [5.74, 6) is 2.40. The van der Waals surface area contributed by atoms with E-state index < -0.39 is 6.10 Å². The summed E-state index contributed by atoms with van der Waals surface area (Å²) < 4.78 is 0. The third-order valence-electron chi connectivity index (χ3n) is 1.22. The van der Waals surface area contributed by atoms with Gasteiger partial charge in [-0.3, -0.25) is 0 Å². The molecule has 0 aromatic heterocycles. The zero-order chi connectivity index (χ0) is 8.69. The Balaban J connectivity index is 3.84. The van der Waals surface area contributed by atoms with E-state index in [1.165, 1.54) is 11.8 Å². The van der Waals surface area contributed by atoms with Gasteiger partial charge in [-0.25, -0.2) is 0 Å². The number of hydrogen-bond acceptors (Lipinski definition) is 2. The lowest BCUT2D eigenvalue weighted by atomic mass is 10.2. The summed E-state index contributed by atoms with van der Waals surface area (Å²) in [4.78, 5) is 0.952. The first kappa shape index (κ1) is 10.4. The van der Waals surface area contributed by atoms with Gasteiger partial charge in [0.15, 0.2) is 0 Å². The molecule has 1 atom stereocenters. The molecule has 0 heterocycles. The molecule has 11 heavy (non-hydrogen) atoms. The first-order valence-corrected chi connectivity index (χ1v) is 4.51. The fraction of sp³-hybridized carbons (Fsp3) is 0.444. The summed E-state index contributed by atoms with van der Waals surface area (Å²) in [5.41, 5.74) is 2.74. The van der Waals surface area contributed by atoms with Crippen LogP contribution in [0.3, 0.4) is 0 Å². The van der Waals surface area contributed by atoms with Crippen LogP contribution < -0.4 is 0 Å². The highest BCUT2D eigenvalue weighted by Gasteiger charge is 2.04. The number of hydrogen-bond donors (Lipinski definition) is 1. The molecule has 0 aromatic rings.